The maximum atomic E-state index is 12.6. The molecule has 0 aliphatic rings. The Balaban J connectivity index is 2.03. The van der Waals surface area contributed by atoms with E-state index in [1.165, 1.54) is 0 Å². The molecule has 1 aromatic heterocycles. The Morgan fingerprint density at radius 3 is 2.50 bits per heavy atom. The molecule has 1 heterocycles. The number of benzene rings is 1. The molecule has 0 bridgehead atoms. The number of hydrogen-bond donors (Lipinski definition) is 1. The summed E-state index contributed by atoms with van der Waals surface area (Å²) in [5.41, 5.74) is 1.13. The molecule has 0 spiro atoms. The van der Waals surface area contributed by atoms with Crippen molar-refractivity contribution < 1.29 is 14.3 Å². The number of anilines is 2. The molecule has 0 saturated heterocycles. The standard InChI is InChI=1S/C20H27N3O3/c1-4-23(5-2)19-12-11-16(15-21-19)22-20(24)17-9-7-8-10-18(17)26-14-13-25-6-3/h7-12,15H,4-6,13-14H2,1-3H3,(H,22,24). The van der Waals surface area contributed by atoms with Gasteiger partial charge in [-0.2, -0.15) is 0 Å². The molecule has 1 aromatic carbocycles. The first-order valence-electron chi connectivity index (χ1n) is 9.01. The van der Waals surface area contributed by atoms with Crippen molar-refractivity contribution in [3.8, 4) is 5.75 Å². The van der Waals surface area contributed by atoms with Crippen LogP contribution in [0.15, 0.2) is 42.6 Å². The van der Waals surface area contributed by atoms with E-state index in [2.05, 4.69) is 29.0 Å². The van der Waals surface area contributed by atoms with Crippen molar-refractivity contribution in [1.82, 2.24) is 4.98 Å². The van der Waals surface area contributed by atoms with Gasteiger partial charge in [-0.05, 0) is 45.0 Å². The van der Waals surface area contributed by atoms with E-state index in [4.69, 9.17) is 9.47 Å². The van der Waals surface area contributed by atoms with E-state index in [1.54, 1.807) is 18.3 Å². The summed E-state index contributed by atoms with van der Waals surface area (Å²) in [6.45, 7) is 9.42. The zero-order valence-corrected chi connectivity index (χ0v) is 15.7. The van der Waals surface area contributed by atoms with Gasteiger partial charge in [0.05, 0.1) is 24.1 Å². The van der Waals surface area contributed by atoms with E-state index in [0.717, 1.165) is 18.9 Å². The lowest BCUT2D eigenvalue weighted by molar-refractivity contribution is 0.0998. The van der Waals surface area contributed by atoms with E-state index in [1.807, 2.05) is 31.2 Å². The predicted molar refractivity (Wildman–Crippen MR) is 104 cm³/mol. The summed E-state index contributed by atoms with van der Waals surface area (Å²) in [6, 6.07) is 10.9. The highest BCUT2D eigenvalue weighted by atomic mass is 16.5. The highest BCUT2D eigenvalue weighted by molar-refractivity contribution is 6.06. The minimum absolute atomic E-state index is 0.227. The molecule has 0 radical (unpaired) electrons. The molecular weight excluding hydrogens is 330 g/mol. The molecule has 0 unspecified atom stereocenters. The number of amides is 1. The van der Waals surface area contributed by atoms with Crippen LogP contribution < -0.4 is 15.0 Å². The summed E-state index contributed by atoms with van der Waals surface area (Å²) in [6.07, 6.45) is 1.67. The number of nitrogens with zero attached hydrogens (tertiary/aromatic N) is 2. The van der Waals surface area contributed by atoms with Crippen molar-refractivity contribution in [2.75, 3.05) is 43.1 Å². The number of carbonyl (C=O) groups excluding carboxylic acids is 1. The van der Waals surface area contributed by atoms with Crippen LogP contribution in [0.2, 0.25) is 0 Å². The second kappa shape index (κ2) is 10.4. The second-order valence-electron chi connectivity index (χ2n) is 5.57. The van der Waals surface area contributed by atoms with Gasteiger partial charge in [-0.1, -0.05) is 12.1 Å². The van der Waals surface area contributed by atoms with Crippen LogP contribution in [0.3, 0.4) is 0 Å². The molecule has 1 amide bonds. The topological polar surface area (TPSA) is 63.7 Å². The Hall–Kier alpha value is -2.60. The molecule has 0 saturated carbocycles. The first-order valence-corrected chi connectivity index (χ1v) is 9.01. The van der Waals surface area contributed by atoms with Crippen molar-refractivity contribution in [1.29, 1.82) is 0 Å². The lowest BCUT2D eigenvalue weighted by Gasteiger charge is -2.19. The fraction of sp³-hybridized carbons (Fsp3) is 0.400. The van der Waals surface area contributed by atoms with E-state index < -0.39 is 0 Å². The third kappa shape index (κ3) is 5.46. The fourth-order valence-electron chi connectivity index (χ4n) is 2.53. The summed E-state index contributed by atoms with van der Waals surface area (Å²) in [5.74, 6) is 1.21. The summed E-state index contributed by atoms with van der Waals surface area (Å²) >= 11 is 0. The number of aromatic nitrogens is 1. The van der Waals surface area contributed by atoms with E-state index >= 15 is 0 Å². The molecule has 0 aliphatic heterocycles. The van der Waals surface area contributed by atoms with E-state index in [-0.39, 0.29) is 5.91 Å². The van der Waals surface area contributed by atoms with Crippen LogP contribution in [-0.4, -0.2) is 43.8 Å². The van der Waals surface area contributed by atoms with Crippen molar-refractivity contribution in [2.24, 2.45) is 0 Å². The molecule has 2 aromatic rings. The largest absolute Gasteiger partial charge is 0.490 e. The van der Waals surface area contributed by atoms with Crippen molar-refractivity contribution in [3.63, 3.8) is 0 Å². The van der Waals surface area contributed by atoms with Crippen LogP contribution in [0, 0.1) is 0 Å². The number of para-hydroxylation sites is 1. The summed E-state index contributed by atoms with van der Waals surface area (Å²) in [7, 11) is 0. The molecule has 140 valence electrons. The molecule has 0 aliphatic carbocycles. The maximum Gasteiger partial charge on any atom is 0.259 e. The van der Waals surface area contributed by atoms with E-state index in [9.17, 15) is 4.79 Å². The number of pyridine rings is 1. The first-order chi connectivity index (χ1) is 12.7. The Morgan fingerprint density at radius 2 is 1.85 bits per heavy atom. The van der Waals surface area contributed by atoms with Crippen LogP contribution in [-0.2, 0) is 4.74 Å². The fourth-order valence-corrected chi connectivity index (χ4v) is 2.53. The zero-order chi connectivity index (χ0) is 18.8. The van der Waals surface area contributed by atoms with Crippen LogP contribution in [0.4, 0.5) is 11.5 Å². The monoisotopic (exact) mass is 357 g/mol. The number of nitrogens with one attached hydrogen (secondary N) is 1. The quantitative estimate of drug-likeness (QED) is 0.658. The Kier molecular flexibility index (Phi) is 7.89. The summed E-state index contributed by atoms with van der Waals surface area (Å²) in [5, 5.41) is 2.87. The van der Waals surface area contributed by atoms with Crippen LogP contribution in [0.5, 0.6) is 5.75 Å². The molecule has 0 fully saturated rings. The number of rotatable bonds is 10. The highest BCUT2D eigenvalue weighted by Gasteiger charge is 2.13. The van der Waals surface area contributed by atoms with Gasteiger partial charge in [0, 0.05) is 19.7 Å². The van der Waals surface area contributed by atoms with Crippen LogP contribution >= 0.6 is 0 Å². The van der Waals surface area contributed by atoms with Gasteiger partial charge in [0.15, 0.2) is 0 Å². The molecule has 6 nitrogen and oxygen atoms in total. The Bertz CT molecular complexity index is 685. The smallest absolute Gasteiger partial charge is 0.259 e. The number of hydrogen-bond acceptors (Lipinski definition) is 5. The third-order valence-electron chi connectivity index (χ3n) is 3.91. The van der Waals surface area contributed by atoms with Crippen molar-refractivity contribution in [3.05, 3.63) is 48.2 Å². The summed E-state index contributed by atoms with van der Waals surface area (Å²) < 4.78 is 10.9. The SMILES string of the molecule is CCOCCOc1ccccc1C(=O)Nc1ccc(N(CC)CC)nc1. The van der Waals surface area contributed by atoms with Gasteiger partial charge in [0.2, 0.25) is 0 Å². The normalized spacial score (nSPS) is 10.4. The van der Waals surface area contributed by atoms with Crippen molar-refractivity contribution >= 4 is 17.4 Å². The van der Waals surface area contributed by atoms with Gasteiger partial charge in [0.1, 0.15) is 18.2 Å². The average Bonchev–Trinajstić information content (AvgIpc) is 2.68. The van der Waals surface area contributed by atoms with E-state index in [0.29, 0.717) is 36.8 Å². The lowest BCUT2D eigenvalue weighted by Crippen LogP contribution is -2.23. The molecule has 26 heavy (non-hydrogen) atoms. The van der Waals surface area contributed by atoms with Crippen molar-refractivity contribution in [2.45, 2.75) is 20.8 Å². The molecule has 2 rings (SSSR count). The molecule has 0 atom stereocenters. The zero-order valence-electron chi connectivity index (χ0n) is 15.7. The minimum atomic E-state index is -0.227. The summed E-state index contributed by atoms with van der Waals surface area (Å²) in [4.78, 5) is 19.2. The Labute approximate surface area is 155 Å². The maximum absolute atomic E-state index is 12.6. The van der Waals surface area contributed by atoms with Crippen LogP contribution in [0.1, 0.15) is 31.1 Å². The van der Waals surface area contributed by atoms with Gasteiger partial charge < -0.3 is 19.7 Å². The minimum Gasteiger partial charge on any atom is -0.490 e. The third-order valence-corrected chi connectivity index (χ3v) is 3.91. The molecular formula is C20H27N3O3. The molecule has 1 N–H and O–H groups in total. The second-order valence-corrected chi connectivity index (χ2v) is 5.57. The highest BCUT2D eigenvalue weighted by Crippen LogP contribution is 2.20. The molecule has 6 heteroatoms. The van der Waals surface area contributed by atoms with Crippen LogP contribution in [0.25, 0.3) is 0 Å². The van der Waals surface area contributed by atoms with Gasteiger partial charge in [0.25, 0.3) is 5.91 Å². The average molecular weight is 357 g/mol. The van der Waals surface area contributed by atoms with Gasteiger partial charge in [-0.15, -0.1) is 0 Å². The lowest BCUT2D eigenvalue weighted by atomic mass is 10.2. The number of carbonyl (C=O) groups is 1. The number of ether oxygens (including phenoxy) is 2. The van der Waals surface area contributed by atoms with Gasteiger partial charge in [-0.3, -0.25) is 4.79 Å². The Morgan fingerprint density at radius 1 is 1.08 bits per heavy atom. The van der Waals surface area contributed by atoms with Gasteiger partial charge in [-0.25, -0.2) is 4.98 Å². The van der Waals surface area contributed by atoms with Gasteiger partial charge >= 0.3 is 0 Å². The predicted octanol–water partition coefficient (Wildman–Crippen LogP) is 3.60. The first kappa shape index (κ1) is 19.7.